The fraction of sp³-hybridized carbons (Fsp3) is 0. The van der Waals surface area contributed by atoms with Crippen LogP contribution in [0.15, 0.2) is 16.9 Å². The molecule has 2 N–H and O–H groups in total. The summed E-state index contributed by atoms with van der Waals surface area (Å²) in [5.74, 6) is -0.699. The van der Waals surface area contributed by atoms with E-state index in [2.05, 4.69) is 20.9 Å². The van der Waals surface area contributed by atoms with Crippen molar-refractivity contribution >= 4 is 28.5 Å². The monoisotopic (exact) mass is 219 g/mol. The molecule has 1 heterocycles. The summed E-state index contributed by atoms with van der Waals surface area (Å²) in [6.07, 6.45) is 2.30. The van der Waals surface area contributed by atoms with Gasteiger partial charge in [0.25, 0.3) is 0 Å². The summed E-state index contributed by atoms with van der Waals surface area (Å²) in [4.78, 5) is 3.56. The van der Waals surface area contributed by atoms with Gasteiger partial charge in [-0.1, -0.05) is 0 Å². The molecular weight excluding hydrogens is 216 g/mol. The Kier molecular flexibility index (Phi) is 2.59. The first-order valence-corrected chi connectivity index (χ1v) is 3.57. The van der Waals surface area contributed by atoms with Crippen molar-refractivity contribution in [3.05, 3.63) is 22.7 Å². The maximum absolute atomic E-state index is 12.8. The SMILES string of the molecule is OB(O)c1cncc(Br)c1F. The lowest BCUT2D eigenvalue weighted by Gasteiger charge is -2.00. The Morgan fingerprint density at radius 2 is 2.09 bits per heavy atom. The van der Waals surface area contributed by atoms with Gasteiger partial charge in [-0.05, 0) is 15.9 Å². The van der Waals surface area contributed by atoms with Gasteiger partial charge in [-0.3, -0.25) is 4.98 Å². The molecule has 0 fully saturated rings. The lowest BCUT2D eigenvalue weighted by atomic mass is 9.81. The van der Waals surface area contributed by atoms with Crippen molar-refractivity contribution in [1.29, 1.82) is 0 Å². The summed E-state index contributed by atoms with van der Waals surface area (Å²) in [6.45, 7) is 0. The third-order valence-corrected chi connectivity index (χ3v) is 1.70. The average Bonchev–Trinajstić information content (AvgIpc) is 1.94. The van der Waals surface area contributed by atoms with Gasteiger partial charge in [-0.2, -0.15) is 0 Å². The summed E-state index contributed by atoms with van der Waals surface area (Å²) in [6, 6.07) is 0. The Morgan fingerprint density at radius 1 is 1.45 bits per heavy atom. The molecule has 6 heteroatoms. The molecule has 1 aromatic heterocycles. The highest BCUT2D eigenvalue weighted by Gasteiger charge is 2.18. The van der Waals surface area contributed by atoms with Gasteiger partial charge in [0, 0.05) is 17.9 Å². The molecule has 0 saturated heterocycles. The van der Waals surface area contributed by atoms with E-state index in [1.807, 2.05) is 0 Å². The van der Waals surface area contributed by atoms with Crippen molar-refractivity contribution in [2.75, 3.05) is 0 Å². The number of rotatable bonds is 1. The topological polar surface area (TPSA) is 53.4 Å². The molecule has 0 bridgehead atoms. The summed E-state index contributed by atoms with van der Waals surface area (Å²) in [5.41, 5.74) is -0.237. The van der Waals surface area contributed by atoms with Crippen LogP contribution in [0, 0.1) is 5.82 Å². The maximum Gasteiger partial charge on any atom is 0.493 e. The number of aromatic nitrogens is 1. The molecule has 0 amide bonds. The molecule has 0 saturated carbocycles. The van der Waals surface area contributed by atoms with Crippen molar-refractivity contribution in [3.8, 4) is 0 Å². The minimum Gasteiger partial charge on any atom is -0.423 e. The van der Waals surface area contributed by atoms with Crippen LogP contribution in [-0.2, 0) is 0 Å². The van der Waals surface area contributed by atoms with Crippen molar-refractivity contribution in [2.45, 2.75) is 0 Å². The van der Waals surface area contributed by atoms with Crippen LogP contribution in [0.25, 0.3) is 0 Å². The van der Waals surface area contributed by atoms with Crippen LogP contribution >= 0.6 is 15.9 Å². The van der Waals surface area contributed by atoms with Crippen LogP contribution in [0.1, 0.15) is 0 Å². The maximum atomic E-state index is 12.8. The number of halogens is 2. The van der Waals surface area contributed by atoms with Crippen molar-refractivity contribution in [1.82, 2.24) is 4.98 Å². The second-order valence-electron chi connectivity index (χ2n) is 1.90. The third-order valence-electron chi connectivity index (χ3n) is 1.14. The van der Waals surface area contributed by atoms with E-state index in [4.69, 9.17) is 10.0 Å². The molecule has 0 unspecified atom stereocenters. The Bertz CT molecular complexity index is 271. The molecule has 0 aliphatic rings. The van der Waals surface area contributed by atoms with E-state index in [9.17, 15) is 4.39 Å². The van der Waals surface area contributed by atoms with Gasteiger partial charge in [-0.15, -0.1) is 0 Å². The predicted molar refractivity (Wildman–Crippen MR) is 41.7 cm³/mol. The Balaban J connectivity index is 3.17. The summed E-state index contributed by atoms with van der Waals surface area (Å²) >= 11 is 2.85. The van der Waals surface area contributed by atoms with Crippen molar-refractivity contribution in [2.24, 2.45) is 0 Å². The lowest BCUT2D eigenvalue weighted by Crippen LogP contribution is -2.33. The molecule has 11 heavy (non-hydrogen) atoms. The number of hydrogen-bond donors (Lipinski definition) is 2. The van der Waals surface area contributed by atoms with Crippen LogP contribution in [0.2, 0.25) is 0 Å². The number of hydrogen-bond acceptors (Lipinski definition) is 3. The second-order valence-corrected chi connectivity index (χ2v) is 2.75. The van der Waals surface area contributed by atoms with Crippen LogP contribution in [0.3, 0.4) is 0 Å². The first-order chi connectivity index (χ1) is 5.13. The largest absolute Gasteiger partial charge is 0.493 e. The van der Waals surface area contributed by atoms with Crippen LogP contribution < -0.4 is 5.46 Å². The molecule has 0 aromatic carbocycles. The Morgan fingerprint density at radius 3 is 2.55 bits per heavy atom. The summed E-state index contributed by atoms with van der Waals surface area (Å²) in [7, 11) is -1.82. The molecule has 1 rings (SSSR count). The highest BCUT2D eigenvalue weighted by molar-refractivity contribution is 9.10. The zero-order chi connectivity index (χ0) is 8.43. The predicted octanol–water partition coefficient (Wildman–Crippen LogP) is -0.337. The molecule has 0 radical (unpaired) electrons. The van der Waals surface area contributed by atoms with Crippen molar-refractivity contribution in [3.63, 3.8) is 0 Å². The second kappa shape index (κ2) is 3.29. The highest BCUT2D eigenvalue weighted by Crippen LogP contribution is 2.10. The Labute approximate surface area is 71.2 Å². The smallest absolute Gasteiger partial charge is 0.423 e. The third kappa shape index (κ3) is 1.77. The lowest BCUT2D eigenvalue weighted by molar-refractivity contribution is 0.422. The van der Waals surface area contributed by atoms with Gasteiger partial charge >= 0.3 is 7.12 Å². The first kappa shape index (κ1) is 8.64. The first-order valence-electron chi connectivity index (χ1n) is 2.78. The standard InChI is InChI=1S/C5H4BBrFNO2/c7-4-2-9-1-3(5(4)8)6(10)11/h1-2,10-11H. The van der Waals surface area contributed by atoms with Gasteiger partial charge < -0.3 is 10.0 Å². The highest BCUT2D eigenvalue weighted by atomic mass is 79.9. The number of nitrogens with zero attached hydrogens (tertiary/aromatic N) is 1. The molecule has 0 aliphatic heterocycles. The molecule has 58 valence electrons. The molecule has 3 nitrogen and oxygen atoms in total. The fourth-order valence-electron chi connectivity index (χ4n) is 0.614. The van der Waals surface area contributed by atoms with E-state index < -0.39 is 12.9 Å². The average molecular weight is 220 g/mol. The minimum absolute atomic E-state index is 0.114. The van der Waals surface area contributed by atoms with Gasteiger partial charge in [-0.25, -0.2) is 4.39 Å². The molecule has 0 spiro atoms. The van der Waals surface area contributed by atoms with Crippen LogP contribution in [-0.4, -0.2) is 22.2 Å². The fourth-order valence-corrected chi connectivity index (χ4v) is 0.961. The van der Waals surface area contributed by atoms with E-state index in [1.54, 1.807) is 0 Å². The van der Waals surface area contributed by atoms with Crippen LogP contribution in [0.5, 0.6) is 0 Å². The van der Waals surface area contributed by atoms with E-state index in [1.165, 1.54) is 6.20 Å². The van der Waals surface area contributed by atoms with Gasteiger partial charge in [0.1, 0.15) is 5.82 Å². The Hall–Kier alpha value is -0.455. The quantitative estimate of drug-likeness (QED) is 0.636. The zero-order valence-corrected chi connectivity index (χ0v) is 6.92. The van der Waals surface area contributed by atoms with Crippen LogP contribution in [0.4, 0.5) is 4.39 Å². The van der Waals surface area contributed by atoms with Crippen molar-refractivity contribution < 1.29 is 14.4 Å². The summed E-state index contributed by atoms with van der Waals surface area (Å²) in [5, 5.41) is 17.2. The molecular formula is C5H4BBrFNO2. The van der Waals surface area contributed by atoms with Gasteiger partial charge in [0.15, 0.2) is 0 Å². The van der Waals surface area contributed by atoms with Gasteiger partial charge in [0.2, 0.25) is 0 Å². The minimum atomic E-state index is -1.82. The normalized spacial score (nSPS) is 9.82. The molecule has 1 aromatic rings. The van der Waals surface area contributed by atoms with E-state index >= 15 is 0 Å². The van der Waals surface area contributed by atoms with E-state index in [0.29, 0.717) is 0 Å². The molecule has 0 atom stereocenters. The number of pyridine rings is 1. The van der Waals surface area contributed by atoms with E-state index in [-0.39, 0.29) is 9.94 Å². The van der Waals surface area contributed by atoms with Gasteiger partial charge in [0.05, 0.1) is 4.47 Å². The van der Waals surface area contributed by atoms with E-state index in [0.717, 1.165) is 6.20 Å². The molecule has 0 aliphatic carbocycles. The summed E-state index contributed by atoms with van der Waals surface area (Å²) < 4.78 is 13.0. The zero-order valence-electron chi connectivity index (χ0n) is 5.33.